The number of carboxylic acid groups (broad SMARTS) is 1. The van der Waals surface area contributed by atoms with Gasteiger partial charge in [0.1, 0.15) is 5.82 Å². The number of benzene rings is 1. The first-order valence-electron chi connectivity index (χ1n) is 8.53. The van der Waals surface area contributed by atoms with Crippen LogP contribution >= 0.6 is 0 Å². The minimum absolute atomic E-state index is 0.0433. The fourth-order valence-electron chi connectivity index (χ4n) is 4.26. The number of hydrogen-bond donors (Lipinski definition) is 2. The number of rotatable bonds is 4. The first-order chi connectivity index (χ1) is 12.2. The molecule has 0 bridgehead atoms. The summed E-state index contributed by atoms with van der Waals surface area (Å²) in [7, 11) is -3.38. The van der Waals surface area contributed by atoms with Crippen molar-refractivity contribution in [3.8, 4) is 0 Å². The van der Waals surface area contributed by atoms with E-state index in [0.717, 1.165) is 28.7 Å². The molecule has 0 radical (unpaired) electrons. The SMILES string of the molecule is Cc1ccc2nc(CN3C[C@H]4CN(S(C)(=O)=O)C[C@@]4(C(=O)O)C3)[nH]c2c1. The zero-order valence-corrected chi connectivity index (χ0v) is 15.6. The summed E-state index contributed by atoms with van der Waals surface area (Å²) in [6.07, 6.45) is 1.14. The second-order valence-electron chi connectivity index (χ2n) is 7.59. The summed E-state index contributed by atoms with van der Waals surface area (Å²) in [5.74, 6) is -0.330. The lowest BCUT2D eigenvalue weighted by Crippen LogP contribution is -2.41. The number of fused-ring (bicyclic) bond motifs is 2. The van der Waals surface area contributed by atoms with E-state index in [2.05, 4.69) is 14.9 Å². The number of H-pyrrole nitrogens is 1. The maximum absolute atomic E-state index is 12.0. The van der Waals surface area contributed by atoms with Gasteiger partial charge in [-0.05, 0) is 24.6 Å². The van der Waals surface area contributed by atoms with E-state index in [9.17, 15) is 18.3 Å². The number of aliphatic carboxylic acids is 1. The lowest BCUT2D eigenvalue weighted by Gasteiger charge is -2.24. The van der Waals surface area contributed by atoms with Crippen molar-refractivity contribution in [3.63, 3.8) is 0 Å². The molecule has 0 aliphatic carbocycles. The van der Waals surface area contributed by atoms with Crippen LogP contribution in [0.4, 0.5) is 0 Å². The van der Waals surface area contributed by atoms with Crippen LogP contribution in [0.1, 0.15) is 11.4 Å². The number of nitrogens with zero attached hydrogens (tertiary/aromatic N) is 3. The lowest BCUT2D eigenvalue weighted by molar-refractivity contribution is -0.148. The molecule has 140 valence electrons. The van der Waals surface area contributed by atoms with Gasteiger partial charge in [-0.15, -0.1) is 0 Å². The second-order valence-corrected chi connectivity index (χ2v) is 9.57. The number of imidazole rings is 1. The van der Waals surface area contributed by atoms with Gasteiger partial charge < -0.3 is 10.1 Å². The van der Waals surface area contributed by atoms with Gasteiger partial charge in [-0.25, -0.2) is 17.7 Å². The van der Waals surface area contributed by atoms with Gasteiger partial charge in [-0.1, -0.05) is 6.07 Å². The van der Waals surface area contributed by atoms with Gasteiger partial charge in [0.2, 0.25) is 10.0 Å². The average molecular weight is 378 g/mol. The molecule has 2 atom stereocenters. The summed E-state index contributed by atoms with van der Waals surface area (Å²) in [6, 6.07) is 6.01. The van der Waals surface area contributed by atoms with Gasteiger partial charge in [-0.2, -0.15) is 0 Å². The van der Waals surface area contributed by atoms with Crippen molar-refractivity contribution in [2.75, 3.05) is 32.4 Å². The Morgan fingerprint density at radius 3 is 2.81 bits per heavy atom. The fraction of sp³-hybridized carbons (Fsp3) is 0.529. The summed E-state index contributed by atoms with van der Waals surface area (Å²) in [4.78, 5) is 21.9. The summed E-state index contributed by atoms with van der Waals surface area (Å²) in [5.41, 5.74) is 1.97. The third-order valence-corrected chi connectivity index (χ3v) is 6.82. The van der Waals surface area contributed by atoms with Gasteiger partial charge in [0.05, 0.1) is 29.2 Å². The predicted octanol–water partition coefficient (Wildman–Crippen LogP) is 0.649. The number of nitrogens with one attached hydrogen (secondary N) is 1. The van der Waals surface area contributed by atoms with Gasteiger partial charge in [0.15, 0.2) is 0 Å². The molecule has 0 unspecified atom stereocenters. The van der Waals surface area contributed by atoms with Crippen LogP contribution in [0.5, 0.6) is 0 Å². The van der Waals surface area contributed by atoms with Gasteiger partial charge >= 0.3 is 5.97 Å². The standard InChI is InChI=1S/C17H22N4O4S/c1-11-3-4-13-14(5-11)19-15(18-13)8-20-6-12-7-21(26(2,24)25)10-17(12,9-20)16(22)23/h3-5,12H,6-10H2,1-2H3,(H,18,19)(H,22,23)/t12-,17-/m0/s1. The van der Waals surface area contributed by atoms with Gasteiger partial charge in [0.25, 0.3) is 0 Å². The Morgan fingerprint density at radius 2 is 2.15 bits per heavy atom. The van der Waals surface area contributed by atoms with Crippen molar-refractivity contribution in [2.24, 2.45) is 11.3 Å². The summed E-state index contributed by atoms with van der Waals surface area (Å²) in [6.45, 7) is 3.73. The van der Waals surface area contributed by atoms with Crippen LogP contribution in [0.15, 0.2) is 18.2 Å². The molecule has 2 saturated heterocycles. The molecule has 2 fully saturated rings. The number of likely N-dealkylation sites (tertiary alicyclic amines) is 1. The largest absolute Gasteiger partial charge is 0.481 e. The molecule has 1 aromatic heterocycles. The average Bonchev–Trinajstić information content (AvgIpc) is 3.16. The molecule has 3 heterocycles. The van der Waals surface area contributed by atoms with Crippen molar-refractivity contribution < 1.29 is 18.3 Å². The normalized spacial score (nSPS) is 27.2. The highest BCUT2D eigenvalue weighted by atomic mass is 32.2. The molecule has 8 nitrogen and oxygen atoms in total. The Hall–Kier alpha value is -1.97. The quantitative estimate of drug-likeness (QED) is 0.809. The molecule has 26 heavy (non-hydrogen) atoms. The molecular weight excluding hydrogens is 356 g/mol. The van der Waals surface area contributed by atoms with E-state index < -0.39 is 21.4 Å². The minimum atomic E-state index is -3.38. The molecule has 0 amide bonds. The predicted molar refractivity (Wildman–Crippen MR) is 96.1 cm³/mol. The van der Waals surface area contributed by atoms with Crippen LogP contribution in [0.2, 0.25) is 0 Å². The van der Waals surface area contributed by atoms with Crippen molar-refractivity contribution >= 4 is 27.0 Å². The summed E-state index contributed by atoms with van der Waals surface area (Å²) < 4.78 is 25.0. The van der Waals surface area contributed by atoms with Crippen LogP contribution in [0.3, 0.4) is 0 Å². The fourth-order valence-corrected chi connectivity index (χ4v) is 5.18. The number of aromatic nitrogens is 2. The number of aromatic amines is 1. The topological polar surface area (TPSA) is 107 Å². The number of aryl methyl sites for hydroxylation is 1. The van der Waals surface area contributed by atoms with E-state index in [1.54, 1.807) is 0 Å². The smallest absolute Gasteiger partial charge is 0.312 e. The highest BCUT2D eigenvalue weighted by Gasteiger charge is 2.59. The molecule has 2 aromatic rings. The van der Waals surface area contributed by atoms with Crippen molar-refractivity contribution in [2.45, 2.75) is 13.5 Å². The zero-order valence-electron chi connectivity index (χ0n) is 14.8. The Kier molecular flexibility index (Phi) is 3.87. The molecular formula is C17H22N4O4S. The highest BCUT2D eigenvalue weighted by molar-refractivity contribution is 7.88. The maximum Gasteiger partial charge on any atom is 0.312 e. The van der Waals surface area contributed by atoms with E-state index in [4.69, 9.17) is 0 Å². The molecule has 4 rings (SSSR count). The van der Waals surface area contributed by atoms with Crippen LogP contribution in [-0.2, 0) is 21.4 Å². The number of sulfonamides is 1. The number of hydrogen-bond acceptors (Lipinski definition) is 5. The van der Waals surface area contributed by atoms with E-state index >= 15 is 0 Å². The van der Waals surface area contributed by atoms with Crippen LogP contribution in [-0.4, -0.2) is 71.1 Å². The summed E-state index contributed by atoms with van der Waals surface area (Å²) >= 11 is 0. The molecule has 0 saturated carbocycles. The minimum Gasteiger partial charge on any atom is -0.481 e. The molecule has 1 aromatic carbocycles. The number of carbonyl (C=O) groups is 1. The molecule has 9 heteroatoms. The lowest BCUT2D eigenvalue weighted by atomic mass is 9.81. The zero-order chi connectivity index (χ0) is 18.7. The Labute approximate surface area is 151 Å². The highest BCUT2D eigenvalue weighted by Crippen LogP contribution is 2.43. The molecule has 2 aliphatic rings. The Balaban J connectivity index is 1.55. The van der Waals surface area contributed by atoms with E-state index in [1.165, 1.54) is 4.31 Å². The van der Waals surface area contributed by atoms with Crippen LogP contribution in [0, 0.1) is 18.3 Å². The van der Waals surface area contributed by atoms with Crippen LogP contribution < -0.4 is 0 Å². The van der Waals surface area contributed by atoms with Gasteiger partial charge in [0, 0.05) is 32.1 Å². The van der Waals surface area contributed by atoms with Crippen LogP contribution in [0.25, 0.3) is 11.0 Å². The Morgan fingerprint density at radius 1 is 1.38 bits per heavy atom. The van der Waals surface area contributed by atoms with Crippen molar-refractivity contribution in [1.29, 1.82) is 0 Å². The first kappa shape index (κ1) is 17.4. The van der Waals surface area contributed by atoms with Crippen molar-refractivity contribution in [1.82, 2.24) is 19.2 Å². The van der Waals surface area contributed by atoms with Gasteiger partial charge in [-0.3, -0.25) is 9.69 Å². The Bertz CT molecular complexity index is 986. The third kappa shape index (κ3) is 2.80. The molecule has 0 spiro atoms. The second kappa shape index (κ2) is 5.77. The van der Waals surface area contributed by atoms with E-state index in [1.807, 2.05) is 25.1 Å². The summed E-state index contributed by atoms with van der Waals surface area (Å²) in [5, 5.41) is 9.81. The maximum atomic E-state index is 12.0. The number of carboxylic acids is 1. The van der Waals surface area contributed by atoms with E-state index in [-0.39, 0.29) is 19.0 Å². The molecule has 2 N–H and O–H groups in total. The molecule has 2 aliphatic heterocycles. The third-order valence-electron chi connectivity index (χ3n) is 5.60. The first-order valence-corrected chi connectivity index (χ1v) is 10.4. The monoisotopic (exact) mass is 378 g/mol. The van der Waals surface area contributed by atoms with E-state index in [0.29, 0.717) is 19.6 Å². The van der Waals surface area contributed by atoms with Crippen molar-refractivity contribution in [3.05, 3.63) is 29.6 Å².